The van der Waals surface area contributed by atoms with Crippen LogP contribution >= 0.6 is 0 Å². The average molecular weight is 575 g/mol. The van der Waals surface area contributed by atoms with Crippen molar-refractivity contribution in [1.29, 1.82) is 0 Å². The molecule has 45 heavy (non-hydrogen) atoms. The molecule has 0 N–H and O–H groups in total. The second kappa shape index (κ2) is 10.2. The third-order valence-electron chi connectivity index (χ3n) is 8.67. The molecule has 7 aromatic carbocycles. The number of benzene rings is 7. The summed E-state index contributed by atoms with van der Waals surface area (Å²) >= 11 is 0. The maximum absolute atomic E-state index is 5.26. The predicted octanol–water partition coefficient (Wildman–Crippen LogP) is 10.3. The van der Waals surface area contributed by atoms with Gasteiger partial charge in [-0.05, 0) is 44.8 Å². The molecule has 0 aliphatic rings. The quantitative estimate of drug-likeness (QED) is 0.210. The summed E-state index contributed by atoms with van der Waals surface area (Å²) in [7, 11) is 0. The summed E-state index contributed by atoms with van der Waals surface area (Å²) in [5.41, 5.74) is 6.24. The second-order valence-electron chi connectivity index (χ2n) is 11.3. The fraction of sp³-hybridized carbons (Fsp3) is 0. The second-order valence-corrected chi connectivity index (χ2v) is 11.3. The molecule has 0 spiro atoms. The van der Waals surface area contributed by atoms with Gasteiger partial charge in [0.1, 0.15) is 0 Å². The van der Waals surface area contributed by atoms with Crippen LogP contribution in [-0.2, 0) is 0 Å². The van der Waals surface area contributed by atoms with Gasteiger partial charge in [0.05, 0.1) is 11.0 Å². The lowest BCUT2D eigenvalue weighted by atomic mass is 9.99. The zero-order valence-electron chi connectivity index (χ0n) is 24.3. The van der Waals surface area contributed by atoms with Gasteiger partial charge in [-0.25, -0.2) is 4.98 Å². The van der Waals surface area contributed by atoms with Crippen molar-refractivity contribution in [3.63, 3.8) is 0 Å². The number of hydrogen-bond acceptors (Lipinski definition) is 3. The van der Waals surface area contributed by atoms with E-state index < -0.39 is 0 Å². The molecule has 9 aromatic rings. The summed E-state index contributed by atoms with van der Waals surface area (Å²) in [6.45, 7) is 0. The van der Waals surface area contributed by atoms with Gasteiger partial charge in [0.2, 0.25) is 5.95 Å². The normalized spacial score (nSPS) is 11.6. The van der Waals surface area contributed by atoms with Crippen LogP contribution in [0.1, 0.15) is 0 Å². The van der Waals surface area contributed by atoms with Crippen LogP contribution in [0.25, 0.3) is 83.2 Å². The molecule has 0 atom stereocenters. The smallest absolute Gasteiger partial charge is 0.238 e. The lowest BCUT2D eigenvalue weighted by Gasteiger charge is -2.14. The highest BCUT2D eigenvalue weighted by molar-refractivity contribution is 6.21. The molecule has 0 radical (unpaired) electrons. The van der Waals surface area contributed by atoms with Crippen molar-refractivity contribution in [1.82, 2.24) is 19.5 Å². The van der Waals surface area contributed by atoms with Gasteiger partial charge in [-0.3, -0.25) is 4.57 Å². The largest absolute Gasteiger partial charge is 0.278 e. The predicted molar refractivity (Wildman–Crippen MR) is 185 cm³/mol. The van der Waals surface area contributed by atoms with Gasteiger partial charge in [-0.1, -0.05) is 146 Å². The average Bonchev–Trinajstić information content (AvgIpc) is 3.46. The fourth-order valence-electron chi connectivity index (χ4n) is 6.63. The Morgan fingerprint density at radius 3 is 1.76 bits per heavy atom. The van der Waals surface area contributed by atoms with E-state index in [1.165, 1.54) is 21.5 Å². The summed E-state index contributed by atoms with van der Waals surface area (Å²) in [6.07, 6.45) is 0. The third kappa shape index (κ3) is 4.11. The SMILES string of the molecule is c1ccc(-c2ccccc2-c2nc(-c3cccc4ccccc34)nc(-n3c4ccccc4c4c5ccccc5ccc43)n2)cc1. The summed E-state index contributed by atoms with van der Waals surface area (Å²) in [6, 6.07) is 55.0. The van der Waals surface area contributed by atoms with Crippen molar-refractivity contribution in [2.24, 2.45) is 0 Å². The van der Waals surface area contributed by atoms with Crippen LogP contribution in [-0.4, -0.2) is 19.5 Å². The Bertz CT molecular complexity index is 2540. The van der Waals surface area contributed by atoms with Crippen molar-refractivity contribution in [2.75, 3.05) is 0 Å². The van der Waals surface area contributed by atoms with E-state index in [1.54, 1.807) is 0 Å². The van der Waals surface area contributed by atoms with E-state index in [9.17, 15) is 0 Å². The molecule has 0 unspecified atom stereocenters. The van der Waals surface area contributed by atoms with Gasteiger partial charge >= 0.3 is 0 Å². The van der Waals surface area contributed by atoms with Crippen LogP contribution in [0.3, 0.4) is 0 Å². The first-order valence-electron chi connectivity index (χ1n) is 15.1. The van der Waals surface area contributed by atoms with Gasteiger partial charge in [0.15, 0.2) is 11.6 Å². The van der Waals surface area contributed by atoms with Crippen molar-refractivity contribution in [3.8, 4) is 39.9 Å². The van der Waals surface area contributed by atoms with Crippen LogP contribution in [0.4, 0.5) is 0 Å². The van der Waals surface area contributed by atoms with E-state index in [0.29, 0.717) is 17.6 Å². The zero-order chi connectivity index (χ0) is 29.7. The van der Waals surface area contributed by atoms with Crippen molar-refractivity contribution in [2.45, 2.75) is 0 Å². The van der Waals surface area contributed by atoms with Crippen molar-refractivity contribution < 1.29 is 0 Å². The molecule has 4 heteroatoms. The third-order valence-corrected chi connectivity index (χ3v) is 8.67. The minimum absolute atomic E-state index is 0.590. The van der Waals surface area contributed by atoms with Crippen molar-refractivity contribution >= 4 is 43.4 Å². The molecule has 0 aliphatic heterocycles. The highest BCUT2D eigenvalue weighted by atomic mass is 15.2. The number of para-hydroxylation sites is 1. The maximum Gasteiger partial charge on any atom is 0.238 e. The minimum Gasteiger partial charge on any atom is -0.278 e. The maximum atomic E-state index is 5.26. The Morgan fingerprint density at radius 2 is 0.933 bits per heavy atom. The molecular weight excluding hydrogens is 548 g/mol. The molecule has 9 rings (SSSR count). The molecule has 0 saturated heterocycles. The van der Waals surface area contributed by atoms with Crippen molar-refractivity contribution in [3.05, 3.63) is 158 Å². The highest BCUT2D eigenvalue weighted by Gasteiger charge is 2.20. The summed E-state index contributed by atoms with van der Waals surface area (Å²) in [5.74, 6) is 1.86. The minimum atomic E-state index is 0.590. The molecule has 0 aliphatic carbocycles. The number of aromatic nitrogens is 4. The number of fused-ring (bicyclic) bond motifs is 6. The van der Waals surface area contributed by atoms with Gasteiger partial charge in [0.25, 0.3) is 0 Å². The van der Waals surface area contributed by atoms with Gasteiger partial charge in [0, 0.05) is 21.9 Å². The van der Waals surface area contributed by atoms with E-state index in [1.807, 2.05) is 6.07 Å². The molecule has 0 amide bonds. The Labute approximate surface area is 259 Å². The first kappa shape index (κ1) is 25.4. The summed E-state index contributed by atoms with van der Waals surface area (Å²) in [4.78, 5) is 15.7. The monoisotopic (exact) mass is 574 g/mol. The van der Waals surface area contributed by atoms with Gasteiger partial charge < -0.3 is 0 Å². The molecule has 0 fully saturated rings. The van der Waals surface area contributed by atoms with E-state index in [2.05, 4.69) is 156 Å². The zero-order valence-corrected chi connectivity index (χ0v) is 24.3. The molecule has 4 nitrogen and oxygen atoms in total. The van der Waals surface area contributed by atoms with Gasteiger partial charge in [-0.2, -0.15) is 9.97 Å². The highest BCUT2D eigenvalue weighted by Crippen LogP contribution is 2.38. The summed E-state index contributed by atoms with van der Waals surface area (Å²) in [5, 5.41) is 7.03. The standard InChI is InChI=1S/C41H26N4/c1-2-13-27(14-3-1)30-19-8-9-21-33(30)39-42-40(34-23-12-17-28-15-4-6-18-31(28)34)44-41(43-39)45-36-24-11-10-22-35(36)38-32-20-7-5-16-29(32)25-26-37(38)45/h1-26H. The van der Waals surface area contributed by atoms with E-state index >= 15 is 0 Å². The van der Waals surface area contributed by atoms with Crippen LogP contribution in [0.5, 0.6) is 0 Å². The van der Waals surface area contributed by atoms with E-state index in [0.717, 1.165) is 44.1 Å². The topological polar surface area (TPSA) is 43.6 Å². The molecular formula is C41H26N4. The Morgan fingerprint density at radius 1 is 0.356 bits per heavy atom. The molecule has 2 heterocycles. The van der Waals surface area contributed by atoms with E-state index in [4.69, 9.17) is 15.0 Å². The van der Waals surface area contributed by atoms with Crippen LogP contribution in [0, 0.1) is 0 Å². The number of nitrogens with zero attached hydrogens (tertiary/aromatic N) is 4. The van der Waals surface area contributed by atoms with Crippen LogP contribution in [0.15, 0.2) is 158 Å². The molecule has 0 bridgehead atoms. The Kier molecular flexibility index (Phi) is 5.78. The first-order chi connectivity index (χ1) is 22.3. The lowest BCUT2D eigenvalue weighted by Crippen LogP contribution is -2.07. The number of rotatable bonds is 4. The molecule has 2 aromatic heterocycles. The van der Waals surface area contributed by atoms with Gasteiger partial charge in [-0.15, -0.1) is 0 Å². The number of hydrogen-bond donors (Lipinski definition) is 0. The molecule has 0 saturated carbocycles. The van der Waals surface area contributed by atoms with Crippen LogP contribution in [0.2, 0.25) is 0 Å². The summed E-state index contributed by atoms with van der Waals surface area (Å²) < 4.78 is 2.20. The fourth-order valence-corrected chi connectivity index (χ4v) is 6.63. The Balaban J connectivity index is 1.39. The van der Waals surface area contributed by atoms with E-state index in [-0.39, 0.29) is 0 Å². The lowest BCUT2D eigenvalue weighted by molar-refractivity contribution is 0.955. The van der Waals surface area contributed by atoms with Crippen LogP contribution < -0.4 is 0 Å². The first-order valence-corrected chi connectivity index (χ1v) is 15.1. The Hall–Kier alpha value is -6.13. The molecule has 210 valence electrons.